The summed E-state index contributed by atoms with van der Waals surface area (Å²) in [7, 11) is 0. The van der Waals surface area contributed by atoms with Crippen LogP contribution >= 0.6 is 34.8 Å². The Morgan fingerprint density at radius 3 is 1.78 bits per heavy atom. The smallest absolute Gasteiger partial charge is 0.286 e. The van der Waals surface area contributed by atoms with Gasteiger partial charge in [-0.15, -0.1) is 0 Å². The first-order valence-electron chi connectivity index (χ1n) is 2.13. The lowest BCUT2D eigenvalue weighted by Gasteiger charge is -2.17. The summed E-state index contributed by atoms with van der Waals surface area (Å²) in [6.45, 7) is 0. The van der Waals surface area contributed by atoms with E-state index in [0.29, 0.717) is 0 Å². The third-order valence-electron chi connectivity index (χ3n) is 0.727. The van der Waals surface area contributed by atoms with Crippen LogP contribution in [0.15, 0.2) is 12.5 Å². The maximum absolute atomic E-state index is 5.38. The normalized spacial score (nSPS) is 19.4. The van der Waals surface area contributed by atoms with Gasteiger partial charge in [0.2, 0.25) is 0 Å². The van der Waals surface area contributed by atoms with Crippen molar-refractivity contribution in [2.75, 3.05) is 0 Å². The monoisotopic (exact) mass is 188 g/mol. The fourth-order valence-corrected chi connectivity index (χ4v) is 0.702. The summed E-state index contributed by atoms with van der Waals surface area (Å²) in [6.07, 6.45) is 1.85. The Balaban J connectivity index is 2.46. The molecule has 0 aromatic rings. The zero-order valence-corrected chi connectivity index (χ0v) is 6.45. The third kappa shape index (κ3) is 1.81. The standard InChI is InChI=1S/C4H3Cl3O2/c5-4(6,7)3-8-1-2-9-3/h1-3H. The zero-order chi connectivity index (χ0) is 6.91. The number of rotatable bonds is 0. The van der Waals surface area contributed by atoms with E-state index in [-0.39, 0.29) is 0 Å². The molecule has 1 aliphatic rings. The van der Waals surface area contributed by atoms with Gasteiger partial charge in [0.1, 0.15) is 12.5 Å². The van der Waals surface area contributed by atoms with Crippen LogP contribution in [0.1, 0.15) is 0 Å². The molecule has 1 rings (SSSR count). The topological polar surface area (TPSA) is 18.5 Å². The van der Waals surface area contributed by atoms with Crippen molar-refractivity contribution >= 4 is 34.8 Å². The van der Waals surface area contributed by atoms with Crippen molar-refractivity contribution in [3.8, 4) is 0 Å². The molecule has 0 saturated heterocycles. The molecule has 0 fully saturated rings. The summed E-state index contributed by atoms with van der Waals surface area (Å²) in [4.78, 5) is 0. The number of hydrogen-bond donors (Lipinski definition) is 0. The van der Waals surface area contributed by atoms with Gasteiger partial charge in [0, 0.05) is 0 Å². The SMILES string of the molecule is ClC(Cl)(Cl)C1OC=CO1. The number of ether oxygens (including phenoxy) is 2. The summed E-state index contributed by atoms with van der Waals surface area (Å²) >= 11 is 16.1. The second kappa shape index (κ2) is 2.45. The average molecular weight is 189 g/mol. The molecule has 0 amide bonds. The van der Waals surface area contributed by atoms with Gasteiger partial charge in [-0.1, -0.05) is 34.8 Å². The highest BCUT2D eigenvalue weighted by molar-refractivity contribution is 6.67. The van der Waals surface area contributed by atoms with Crippen LogP contribution in [-0.2, 0) is 9.47 Å². The molecular weight excluding hydrogens is 186 g/mol. The minimum atomic E-state index is -1.51. The molecule has 2 nitrogen and oxygen atoms in total. The molecule has 0 aromatic carbocycles. The van der Waals surface area contributed by atoms with Gasteiger partial charge in [0.25, 0.3) is 10.1 Å². The van der Waals surface area contributed by atoms with Crippen LogP contribution < -0.4 is 0 Å². The van der Waals surface area contributed by atoms with Crippen molar-refractivity contribution < 1.29 is 9.47 Å². The average Bonchev–Trinajstić information content (AvgIpc) is 2.08. The zero-order valence-electron chi connectivity index (χ0n) is 4.18. The minimum absolute atomic E-state index is 0.803. The summed E-state index contributed by atoms with van der Waals surface area (Å²) in [5.74, 6) is 0. The van der Waals surface area contributed by atoms with Gasteiger partial charge < -0.3 is 9.47 Å². The van der Waals surface area contributed by atoms with Crippen molar-refractivity contribution in [2.45, 2.75) is 10.1 Å². The molecule has 0 atom stereocenters. The quantitative estimate of drug-likeness (QED) is 0.544. The van der Waals surface area contributed by atoms with E-state index in [1.54, 1.807) is 0 Å². The predicted molar refractivity (Wildman–Crippen MR) is 35.4 cm³/mol. The van der Waals surface area contributed by atoms with Gasteiger partial charge in [0.05, 0.1) is 0 Å². The van der Waals surface area contributed by atoms with Crippen molar-refractivity contribution in [1.29, 1.82) is 0 Å². The maximum atomic E-state index is 5.38. The summed E-state index contributed by atoms with van der Waals surface area (Å²) in [5.41, 5.74) is 0. The molecule has 5 heteroatoms. The van der Waals surface area contributed by atoms with E-state index in [9.17, 15) is 0 Å². The van der Waals surface area contributed by atoms with E-state index in [4.69, 9.17) is 44.3 Å². The van der Waals surface area contributed by atoms with Gasteiger partial charge in [0.15, 0.2) is 0 Å². The largest absolute Gasteiger partial charge is 0.455 e. The Morgan fingerprint density at radius 1 is 1.11 bits per heavy atom. The third-order valence-corrected chi connectivity index (χ3v) is 1.26. The van der Waals surface area contributed by atoms with Crippen LogP contribution in [0.2, 0.25) is 0 Å². The molecule has 0 aromatic heterocycles. The minimum Gasteiger partial charge on any atom is -0.455 e. The molecule has 1 heterocycles. The summed E-state index contributed by atoms with van der Waals surface area (Å²) < 4.78 is 7.93. The molecule has 1 aliphatic heterocycles. The predicted octanol–water partition coefficient (Wildman–Crippen LogP) is 2.20. The highest BCUT2D eigenvalue weighted by Crippen LogP contribution is 2.34. The molecule has 9 heavy (non-hydrogen) atoms. The molecule has 0 N–H and O–H groups in total. The van der Waals surface area contributed by atoms with Gasteiger partial charge in [-0.05, 0) is 0 Å². The first-order valence-corrected chi connectivity index (χ1v) is 3.27. The van der Waals surface area contributed by atoms with Crippen LogP contribution in [0.3, 0.4) is 0 Å². The highest BCUT2D eigenvalue weighted by atomic mass is 35.6. The van der Waals surface area contributed by atoms with Crippen molar-refractivity contribution in [1.82, 2.24) is 0 Å². The fourth-order valence-electron chi connectivity index (χ4n) is 0.393. The molecule has 52 valence electrons. The lowest BCUT2D eigenvalue weighted by molar-refractivity contribution is -0.0182. The number of alkyl halides is 3. The Hall–Kier alpha value is 0.210. The second-order valence-electron chi connectivity index (χ2n) is 1.42. The Kier molecular flexibility index (Phi) is 1.99. The van der Waals surface area contributed by atoms with Crippen LogP contribution in [-0.4, -0.2) is 10.1 Å². The number of hydrogen-bond acceptors (Lipinski definition) is 2. The van der Waals surface area contributed by atoms with E-state index in [2.05, 4.69) is 0 Å². The lowest BCUT2D eigenvalue weighted by atomic mass is 10.7. The fraction of sp³-hybridized carbons (Fsp3) is 0.500. The van der Waals surface area contributed by atoms with E-state index in [1.165, 1.54) is 12.5 Å². The van der Waals surface area contributed by atoms with Gasteiger partial charge in [-0.2, -0.15) is 0 Å². The van der Waals surface area contributed by atoms with Crippen molar-refractivity contribution in [2.24, 2.45) is 0 Å². The summed E-state index contributed by atoms with van der Waals surface area (Å²) in [5, 5.41) is 0. The summed E-state index contributed by atoms with van der Waals surface area (Å²) in [6, 6.07) is 0. The molecule has 0 unspecified atom stereocenters. The van der Waals surface area contributed by atoms with E-state index in [1.807, 2.05) is 0 Å². The molecular formula is C4H3Cl3O2. The Labute approximate surface area is 67.3 Å². The van der Waals surface area contributed by atoms with Crippen LogP contribution in [0.5, 0.6) is 0 Å². The molecule has 0 spiro atoms. The van der Waals surface area contributed by atoms with Crippen molar-refractivity contribution in [3.05, 3.63) is 12.5 Å². The molecule has 0 saturated carbocycles. The van der Waals surface area contributed by atoms with Crippen LogP contribution in [0, 0.1) is 0 Å². The Morgan fingerprint density at radius 2 is 1.56 bits per heavy atom. The molecule has 0 bridgehead atoms. The maximum Gasteiger partial charge on any atom is 0.286 e. The molecule has 0 radical (unpaired) electrons. The Bertz CT molecular complexity index is 120. The first-order chi connectivity index (χ1) is 4.11. The molecule has 0 aliphatic carbocycles. The van der Waals surface area contributed by atoms with E-state index >= 15 is 0 Å². The second-order valence-corrected chi connectivity index (χ2v) is 3.79. The van der Waals surface area contributed by atoms with E-state index < -0.39 is 10.1 Å². The number of halogens is 3. The lowest BCUT2D eigenvalue weighted by Crippen LogP contribution is -2.25. The van der Waals surface area contributed by atoms with Gasteiger partial charge in [-0.3, -0.25) is 0 Å². The van der Waals surface area contributed by atoms with Crippen molar-refractivity contribution in [3.63, 3.8) is 0 Å². The highest BCUT2D eigenvalue weighted by Gasteiger charge is 2.37. The van der Waals surface area contributed by atoms with Gasteiger partial charge in [-0.25, -0.2) is 0 Å². The van der Waals surface area contributed by atoms with E-state index in [0.717, 1.165) is 0 Å². The first kappa shape index (κ1) is 7.32. The van der Waals surface area contributed by atoms with Crippen LogP contribution in [0.25, 0.3) is 0 Å². The van der Waals surface area contributed by atoms with Gasteiger partial charge >= 0.3 is 0 Å². The van der Waals surface area contributed by atoms with Crippen LogP contribution in [0.4, 0.5) is 0 Å².